The summed E-state index contributed by atoms with van der Waals surface area (Å²) in [6.07, 6.45) is -24.1. The summed E-state index contributed by atoms with van der Waals surface area (Å²) in [5, 5.41) is 100.0. The largest absolute Gasteiger partial charge is 0.394 e. The molecule has 3 aliphatic heterocycles. The van der Waals surface area contributed by atoms with E-state index in [4.69, 9.17) is 23.7 Å². The standard InChI is InChI=1S/C18H32O15/c1-4-7(21)11(25)15(33-17-12(26)10(24)8(22)5(2-19)31-17)18(29-4)32-14-9(23)6(3-20)30-16(28)13(14)27/h4-28H,2-3H2,1H3/t4-,5+,6+,7-,8-,9+,10-,11+,12+,13+,14-,15+,16?,17-,18-/m0/s1. The smallest absolute Gasteiger partial charge is 0.187 e. The topological polar surface area (TPSA) is 248 Å². The van der Waals surface area contributed by atoms with Crippen LogP contribution in [0.15, 0.2) is 0 Å². The number of ether oxygens (including phenoxy) is 5. The van der Waals surface area contributed by atoms with Gasteiger partial charge in [-0.1, -0.05) is 0 Å². The molecule has 15 heteroatoms. The molecule has 0 aromatic heterocycles. The molecule has 3 fully saturated rings. The first-order valence-corrected chi connectivity index (χ1v) is 10.4. The van der Waals surface area contributed by atoms with E-state index in [0.717, 1.165) is 0 Å². The van der Waals surface area contributed by atoms with Crippen molar-refractivity contribution >= 4 is 0 Å². The van der Waals surface area contributed by atoms with Crippen molar-refractivity contribution in [2.75, 3.05) is 13.2 Å². The van der Waals surface area contributed by atoms with Gasteiger partial charge in [0.05, 0.1) is 19.3 Å². The Morgan fingerprint density at radius 3 is 1.73 bits per heavy atom. The molecular weight excluding hydrogens is 456 g/mol. The average Bonchev–Trinajstić information content (AvgIpc) is 2.79. The molecule has 1 unspecified atom stereocenters. The fourth-order valence-corrected chi connectivity index (χ4v) is 3.97. The molecular formula is C18H32O15. The molecule has 0 spiro atoms. The molecule has 0 saturated carbocycles. The van der Waals surface area contributed by atoms with E-state index in [1.54, 1.807) is 0 Å². The van der Waals surface area contributed by atoms with Crippen LogP contribution in [-0.4, -0.2) is 156 Å². The molecule has 0 amide bonds. The molecule has 3 heterocycles. The number of hydrogen-bond acceptors (Lipinski definition) is 15. The molecule has 15 atom stereocenters. The van der Waals surface area contributed by atoms with Gasteiger partial charge in [-0.05, 0) is 6.92 Å². The minimum atomic E-state index is -1.84. The SMILES string of the molecule is C[C@@H]1O[C@@H](O[C@H]2[C@H](O)[C@@H](CO)OC(O)[C@@H]2O)[C@H](O[C@@H]2O[C@H](CO)[C@H](O)[C@H](O)[C@H]2O)[C@H](O)[C@H]1O. The van der Waals surface area contributed by atoms with Gasteiger partial charge in [-0.2, -0.15) is 0 Å². The fraction of sp³-hybridized carbons (Fsp3) is 1.00. The normalized spacial score (nSPS) is 53.7. The van der Waals surface area contributed by atoms with Crippen LogP contribution < -0.4 is 0 Å². The van der Waals surface area contributed by atoms with Gasteiger partial charge in [0, 0.05) is 0 Å². The molecule has 194 valence electrons. The molecule has 0 aromatic carbocycles. The Hall–Kier alpha value is -0.600. The van der Waals surface area contributed by atoms with E-state index in [9.17, 15) is 51.1 Å². The highest BCUT2D eigenvalue weighted by Crippen LogP contribution is 2.32. The predicted molar refractivity (Wildman–Crippen MR) is 99.8 cm³/mol. The molecule has 10 N–H and O–H groups in total. The third-order valence-corrected chi connectivity index (χ3v) is 6.06. The zero-order valence-electron chi connectivity index (χ0n) is 17.6. The van der Waals surface area contributed by atoms with Crippen LogP contribution in [-0.2, 0) is 23.7 Å². The lowest BCUT2D eigenvalue weighted by molar-refractivity contribution is -0.385. The maximum atomic E-state index is 10.6. The molecule has 15 nitrogen and oxygen atoms in total. The van der Waals surface area contributed by atoms with Crippen molar-refractivity contribution in [2.24, 2.45) is 0 Å². The van der Waals surface area contributed by atoms with Gasteiger partial charge in [0.25, 0.3) is 0 Å². The summed E-state index contributed by atoms with van der Waals surface area (Å²) < 4.78 is 26.7. The first-order chi connectivity index (χ1) is 15.5. The van der Waals surface area contributed by atoms with Crippen molar-refractivity contribution in [3.8, 4) is 0 Å². The molecule has 33 heavy (non-hydrogen) atoms. The Bertz CT molecular complexity index is 624. The van der Waals surface area contributed by atoms with Crippen molar-refractivity contribution in [1.29, 1.82) is 0 Å². The second-order valence-corrected chi connectivity index (χ2v) is 8.32. The van der Waals surface area contributed by atoms with Crippen LogP contribution >= 0.6 is 0 Å². The lowest BCUT2D eigenvalue weighted by Crippen LogP contribution is -2.66. The van der Waals surface area contributed by atoms with Gasteiger partial charge in [0.2, 0.25) is 0 Å². The van der Waals surface area contributed by atoms with Crippen LogP contribution in [0, 0.1) is 0 Å². The van der Waals surface area contributed by atoms with E-state index in [-0.39, 0.29) is 0 Å². The highest BCUT2D eigenvalue weighted by atomic mass is 16.8. The van der Waals surface area contributed by atoms with Gasteiger partial charge in [0.1, 0.15) is 67.1 Å². The summed E-state index contributed by atoms with van der Waals surface area (Å²) in [5.74, 6) is 0. The minimum absolute atomic E-state index is 0.723. The summed E-state index contributed by atoms with van der Waals surface area (Å²) in [6, 6.07) is 0. The Balaban J connectivity index is 1.81. The van der Waals surface area contributed by atoms with E-state index >= 15 is 0 Å². The number of rotatable bonds is 6. The zero-order chi connectivity index (χ0) is 24.6. The number of hydrogen-bond donors (Lipinski definition) is 10. The first-order valence-electron chi connectivity index (χ1n) is 10.4. The summed E-state index contributed by atoms with van der Waals surface area (Å²) in [7, 11) is 0. The van der Waals surface area contributed by atoms with Gasteiger partial charge in [0.15, 0.2) is 18.9 Å². The lowest BCUT2D eigenvalue weighted by Gasteiger charge is -2.48. The summed E-state index contributed by atoms with van der Waals surface area (Å²) in [6.45, 7) is -0.0789. The van der Waals surface area contributed by atoms with E-state index in [2.05, 4.69) is 0 Å². The number of aliphatic hydroxyl groups is 10. The van der Waals surface area contributed by atoms with Gasteiger partial charge in [-0.15, -0.1) is 0 Å². The highest BCUT2D eigenvalue weighted by Gasteiger charge is 2.53. The van der Waals surface area contributed by atoms with Gasteiger partial charge < -0.3 is 74.7 Å². The molecule has 3 rings (SSSR count). The third-order valence-electron chi connectivity index (χ3n) is 6.06. The monoisotopic (exact) mass is 488 g/mol. The van der Waals surface area contributed by atoms with E-state index in [1.165, 1.54) is 6.92 Å². The van der Waals surface area contributed by atoms with Crippen molar-refractivity contribution in [3.05, 3.63) is 0 Å². The Kier molecular flexibility index (Phi) is 8.99. The number of aliphatic hydroxyl groups excluding tert-OH is 10. The molecule has 3 aliphatic rings. The average molecular weight is 488 g/mol. The Labute approximate surface area is 187 Å². The third kappa shape index (κ3) is 5.32. The first kappa shape index (κ1) is 27.0. The van der Waals surface area contributed by atoms with Gasteiger partial charge >= 0.3 is 0 Å². The van der Waals surface area contributed by atoms with Crippen LogP contribution in [0.4, 0.5) is 0 Å². The van der Waals surface area contributed by atoms with Crippen LogP contribution in [0.5, 0.6) is 0 Å². The van der Waals surface area contributed by atoms with Crippen LogP contribution in [0.1, 0.15) is 6.92 Å². The summed E-state index contributed by atoms with van der Waals surface area (Å²) >= 11 is 0. The van der Waals surface area contributed by atoms with E-state index < -0.39 is 105 Å². The van der Waals surface area contributed by atoms with E-state index in [0.29, 0.717) is 0 Å². The fourth-order valence-electron chi connectivity index (χ4n) is 3.97. The van der Waals surface area contributed by atoms with Crippen LogP contribution in [0.2, 0.25) is 0 Å². The van der Waals surface area contributed by atoms with E-state index in [1.807, 2.05) is 0 Å². The van der Waals surface area contributed by atoms with Crippen molar-refractivity contribution in [1.82, 2.24) is 0 Å². The van der Waals surface area contributed by atoms with Crippen molar-refractivity contribution in [2.45, 2.75) is 99.0 Å². The molecule has 0 bridgehead atoms. The zero-order valence-corrected chi connectivity index (χ0v) is 17.6. The van der Waals surface area contributed by atoms with Crippen LogP contribution in [0.3, 0.4) is 0 Å². The maximum absolute atomic E-state index is 10.6. The molecule has 0 aromatic rings. The molecule has 0 radical (unpaired) electrons. The van der Waals surface area contributed by atoms with Crippen molar-refractivity contribution < 1.29 is 74.7 Å². The maximum Gasteiger partial charge on any atom is 0.187 e. The van der Waals surface area contributed by atoms with Gasteiger partial charge in [-0.25, -0.2) is 0 Å². The molecule has 3 saturated heterocycles. The quantitative estimate of drug-likeness (QED) is 0.167. The van der Waals surface area contributed by atoms with Crippen LogP contribution in [0.25, 0.3) is 0 Å². The second kappa shape index (κ2) is 11.0. The summed E-state index contributed by atoms with van der Waals surface area (Å²) in [4.78, 5) is 0. The Morgan fingerprint density at radius 2 is 1.12 bits per heavy atom. The second-order valence-electron chi connectivity index (χ2n) is 8.32. The summed E-state index contributed by atoms with van der Waals surface area (Å²) in [5.41, 5.74) is 0. The van der Waals surface area contributed by atoms with Gasteiger partial charge in [-0.3, -0.25) is 0 Å². The lowest BCUT2D eigenvalue weighted by atomic mass is 9.96. The minimum Gasteiger partial charge on any atom is -0.394 e. The highest BCUT2D eigenvalue weighted by molar-refractivity contribution is 4.95. The Morgan fingerprint density at radius 1 is 0.545 bits per heavy atom. The predicted octanol–water partition coefficient (Wildman–Crippen LogP) is -6.55. The molecule has 0 aliphatic carbocycles. The van der Waals surface area contributed by atoms with Crippen molar-refractivity contribution in [3.63, 3.8) is 0 Å².